The number of hydrogen-bond donors (Lipinski definition) is 0. The molecule has 0 bridgehead atoms. The molecule has 2 rings (SSSR count). The van der Waals surface area contributed by atoms with Gasteiger partial charge in [-0.3, -0.25) is 10.1 Å². The minimum atomic E-state index is -3.87. The first-order valence-electron chi connectivity index (χ1n) is 8.03. The average molecular weight is 389 g/mol. The highest BCUT2D eigenvalue weighted by atomic mass is 32.2. The lowest BCUT2D eigenvalue weighted by atomic mass is 10.1. The summed E-state index contributed by atoms with van der Waals surface area (Å²) >= 11 is 0. The Morgan fingerprint density at radius 3 is 2.44 bits per heavy atom. The molecule has 8 nitrogen and oxygen atoms in total. The third-order valence-corrected chi connectivity index (χ3v) is 5.99. The maximum Gasteiger partial charge on any atom is 0.272 e. The Kier molecular flexibility index (Phi) is 6.63. The van der Waals surface area contributed by atoms with E-state index in [9.17, 15) is 18.5 Å². The third-order valence-electron chi connectivity index (χ3n) is 4.13. The molecule has 0 aliphatic carbocycles. The molecule has 0 heterocycles. The average Bonchev–Trinajstić information content (AvgIpc) is 2.66. The SMILES string of the molecule is COCCN(Cc1cccc([N+](=O)[O-])c1C)S(=O)(=O)c1ccc(C#N)cc1. The molecule has 0 N–H and O–H groups in total. The number of methoxy groups -OCH3 is 1. The van der Waals surface area contributed by atoms with Crippen molar-refractivity contribution in [1.29, 1.82) is 5.26 Å². The monoisotopic (exact) mass is 389 g/mol. The fourth-order valence-corrected chi connectivity index (χ4v) is 3.96. The van der Waals surface area contributed by atoms with E-state index in [4.69, 9.17) is 10.00 Å². The second-order valence-corrected chi connectivity index (χ2v) is 7.72. The van der Waals surface area contributed by atoms with Crippen LogP contribution in [0.25, 0.3) is 0 Å². The molecule has 2 aromatic rings. The zero-order chi connectivity index (χ0) is 20.0. The van der Waals surface area contributed by atoms with E-state index in [1.54, 1.807) is 13.0 Å². The predicted octanol–water partition coefficient (Wildman–Crippen LogP) is 2.61. The van der Waals surface area contributed by atoms with Crippen LogP contribution in [0.15, 0.2) is 47.4 Å². The van der Waals surface area contributed by atoms with Gasteiger partial charge in [0.25, 0.3) is 5.69 Å². The van der Waals surface area contributed by atoms with Gasteiger partial charge in [0.05, 0.1) is 28.1 Å². The summed E-state index contributed by atoms with van der Waals surface area (Å²) in [6.07, 6.45) is 0. The molecule has 2 aromatic carbocycles. The number of hydrogen-bond acceptors (Lipinski definition) is 6. The fraction of sp³-hybridized carbons (Fsp3) is 0.278. The van der Waals surface area contributed by atoms with Gasteiger partial charge in [-0.05, 0) is 36.8 Å². The first kappa shape index (κ1) is 20.5. The van der Waals surface area contributed by atoms with Gasteiger partial charge in [0, 0.05) is 31.8 Å². The summed E-state index contributed by atoms with van der Waals surface area (Å²) in [7, 11) is -2.41. The number of rotatable bonds is 8. The van der Waals surface area contributed by atoms with E-state index >= 15 is 0 Å². The molecule has 0 unspecified atom stereocenters. The van der Waals surface area contributed by atoms with Crippen LogP contribution in [-0.2, 0) is 21.3 Å². The van der Waals surface area contributed by atoms with Crippen molar-refractivity contribution >= 4 is 15.7 Å². The second-order valence-electron chi connectivity index (χ2n) is 5.79. The molecule has 0 fully saturated rings. The first-order valence-corrected chi connectivity index (χ1v) is 9.47. The van der Waals surface area contributed by atoms with Gasteiger partial charge in [0.1, 0.15) is 0 Å². The summed E-state index contributed by atoms with van der Waals surface area (Å²) < 4.78 is 32.3. The van der Waals surface area contributed by atoms with Crippen LogP contribution in [0.1, 0.15) is 16.7 Å². The molecule has 0 aliphatic rings. The van der Waals surface area contributed by atoms with E-state index in [2.05, 4.69) is 0 Å². The summed E-state index contributed by atoms with van der Waals surface area (Å²) in [6.45, 7) is 1.82. The van der Waals surface area contributed by atoms with Crippen molar-refractivity contribution in [2.75, 3.05) is 20.3 Å². The minimum absolute atomic E-state index is 0.0286. The van der Waals surface area contributed by atoms with E-state index in [1.807, 2.05) is 6.07 Å². The van der Waals surface area contributed by atoms with Crippen LogP contribution in [0, 0.1) is 28.4 Å². The Morgan fingerprint density at radius 1 is 1.22 bits per heavy atom. The van der Waals surface area contributed by atoms with Crippen LogP contribution >= 0.6 is 0 Å². The molecular weight excluding hydrogens is 370 g/mol. The standard InChI is InChI=1S/C18H19N3O5S/c1-14-16(4-3-5-18(14)21(22)23)13-20(10-11-26-2)27(24,25)17-8-6-15(12-19)7-9-17/h3-9H,10-11,13H2,1-2H3. The maximum absolute atomic E-state index is 13.0. The normalized spacial score (nSPS) is 11.3. The van der Waals surface area contributed by atoms with Gasteiger partial charge in [-0.15, -0.1) is 0 Å². The quantitative estimate of drug-likeness (QED) is 0.506. The second kappa shape index (κ2) is 8.73. The lowest BCUT2D eigenvalue weighted by Gasteiger charge is -2.23. The van der Waals surface area contributed by atoms with Crippen molar-refractivity contribution in [2.24, 2.45) is 0 Å². The zero-order valence-corrected chi connectivity index (χ0v) is 15.8. The number of benzene rings is 2. The molecule has 0 radical (unpaired) electrons. The maximum atomic E-state index is 13.0. The minimum Gasteiger partial charge on any atom is -0.383 e. The molecule has 0 amide bonds. The Morgan fingerprint density at radius 2 is 1.89 bits per heavy atom. The number of nitro groups is 1. The molecule has 0 saturated heterocycles. The van der Waals surface area contributed by atoms with Crippen LogP contribution in [0.3, 0.4) is 0 Å². The topological polar surface area (TPSA) is 114 Å². The van der Waals surface area contributed by atoms with Crippen molar-refractivity contribution in [3.63, 3.8) is 0 Å². The highest BCUT2D eigenvalue weighted by Crippen LogP contribution is 2.25. The predicted molar refractivity (Wildman–Crippen MR) is 98.5 cm³/mol. The number of nitrogens with zero attached hydrogens (tertiary/aromatic N) is 3. The fourth-order valence-electron chi connectivity index (χ4n) is 2.56. The molecule has 27 heavy (non-hydrogen) atoms. The summed E-state index contributed by atoms with van der Waals surface area (Å²) in [5, 5.41) is 20.0. The largest absolute Gasteiger partial charge is 0.383 e. The molecule has 9 heteroatoms. The van der Waals surface area contributed by atoms with Gasteiger partial charge in [0.15, 0.2) is 0 Å². The summed E-state index contributed by atoms with van der Waals surface area (Å²) in [5.41, 5.74) is 1.25. The van der Waals surface area contributed by atoms with Crippen molar-refractivity contribution in [3.8, 4) is 6.07 Å². The van der Waals surface area contributed by atoms with Crippen molar-refractivity contribution < 1.29 is 18.1 Å². The third kappa shape index (κ3) is 4.68. The Hall–Kier alpha value is -2.80. The molecule has 0 atom stereocenters. The van der Waals surface area contributed by atoms with Crippen LogP contribution in [0.2, 0.25) is 0 Å². The highest BCUT2D eigenvalue weighted by Gasteiger charge is 2.26. The van der Waals surface area contributed by atoms with E-state index < -0.39 is 14.9 Å². The molecule has 0 saturated carbocycles. The Bertz CT molecular complexity index is 965. The Balaban J connectivity index is 2.41. The van der Waals surface area contributed by atoms with Gasteiger partial charge in [-0.2, -0.15) is 9.57 Å². The van der Waals surface area contributed by atoms with Crippen molar-refractivity contribution in [3.05, 3.63) is 69.3 Å². The van der Waals surface area contributed by atoms with Crippen LogP contribution in [0.5, 0.6) is 0 Å². The summed E-state index contributed by atoms with van der Waals surface area (Å²) in [4.78, 5) is 10.7. The molecule has 142 valence electrons. The van der Waals surface area contributed by atoms with Gasteiger partial charge in [-0.25, -0.2) is 8.42 Å². The highest BCUT2D eigenvalue weighted by molar-refractivity contribution is 7.89. The number of ether oxygens (including phenoxy) is 1. The summed E-state index contributed by atoms with van der Waals surface area (Å²) in [5.74, 6) is 0. The molecular formula is C18H19N3O5S. The molecule has 0 spiro atoms. The lowest BCUT2D eigenvalue weighted by molar-refractivity contribution is -0.385. The van der Waals surface area contributed by atoms with E-state index in [0.717, 1.165) is 0 Å². The number of nitro benzene ring substituents is 1. The first-order chi connectivity index (χ1) is 12.8. The van der Waals surface area contributed by atoms with Gasteiger partial charge >= 0.3 is 0 Å². The van der Waals surface area contributed by atoms with Crippen molar-refractivity contribution in [2.45, 2.75) is 18.4 Å². The lowest BCUT2D eigenvalue weighted by Crippen LogP contribution is -2.33. The van der Waals surface area contributed by atoms with Crippen LogP contribution < -0.4 is 0 Å². The van der Waals surface area contributed by atoms with E-state index in [-0.39, 0.29) is 30.3 Å². The smallest absolute Gasteiger partial charge is 0.272 e. The zero-order valence-electron chi connectivity index (χ0n) is 15.0. The van der Waals surface area contributed by atoms with Crippen LogP contribution in [-0.4, -0.2) is 37.9 Å². The van der Waals surface area contributed by atoms with E-state index in [1.165, 1.54) is 47.8 Å². The van der Waals surface area contributed by atoms with E-state index in [0.29, 0.717) is 16.7 Å². The molecule has 0 aromatic heterocycles. The van der Waals surface area contributed by atoms with Crippen molar-refractivity contribution in [1.82, 2.24) is 4.31 Å². The number of sulfonamides is 1. The Labute approximate surface area is 157 Å². The number of nitriles is 1. The van der Waals surface area contributed by atoms with Gasteiger partial charge in [-0.1, -0.05) is 12.1 Å². The molecule has 0 aliphatic heterocycles. The summed E-state index contributed by atoms with van der Waals surface area (Å²) in [6, 6.07) is 12.1. The van der Waals surface area contributed by atoms with Gasteiger partial charge in [0.2, 0.25) is 10.0 Å². The van der Waals surface area contributed by atoms with Crippen LogP contribution in [0.4, 0.5) is 5.69 Å². The van der Waals surface area contributed by atoms with Gasteiger partial charge < -0.3 is 4.74 Å².